The third kappa shape index (κ3) is 2.73. The summed E-state index contributed by atoms with van der Waals surface area (Å²) in [5.41, 5.74) is 2.23. The van der Waals surface area contributed by atoms with Crippen molar-refractivity contribution in [2.45, 2.75) is 76.5 Å². The van der Waals surface area contributed by atoms with E-state index in [1.807, 2.05) is 28.9 Å². The van der Waals surface area contributed by atoms with Gasteiger partial charge in [-0.3, -0.25) is 9.59 Å². The van der Waals surface area contributed by atoms with E-state index in [1.54, 1.807) is 0 Å². The first-order valence-corrected chi connectivity index (χ1v) is 11.1. The molecular weight excluding hydrogens is 376 g/mol. The monoisotopic (exact) mass is 409 g/mol. The summed E-state index contributed by atoms with van der Waals surface area (Å²) in [6.45, 7) is 11.7. The van der Waals surface area contributed by atoms with Gasteiger partial charge in [0.15, 0.2) is 5.54 Å². The molecule has 3 N–H and O–H groups in total. The standard InChI is InChI=1S/C24H32N4O2/c1-22(2)12-15(13-23(3,4)26-22)27-14-19(29)28-11-10-17-16-8-6-7-9-18(16)25-20(17)24(28,5)21(27)30/h6-9,15,25-26H,10-14H2,1-5H3/p+1/t24-/m0/s1. The molecule has 0 aliphatic carbocycles. The maximum Gasteiger partial charge on any atom is 0.255 e. The number of nitrogens with one attached hydrogen (secondary N) is 1. The number of hydrogen-bond acceptors (Lipinski definition) is 2. The maximum atomic E-state index is 14.1. The summed E-state index contributed by atoms with van der Waals surface area (Å²) in [6.07, 6.45) is 2.57. The minimum absolute atomic E-state index is 0.0343. The number of aromatic nitrogens is 1. The second-order valence-electron chi connectivity index (χ2n) is 11.0. The van der Waals surface area contributed by atoms with Crippen LogP contribution in [0.4, 0.5) is 0 Å². The molecule has 0 radical (unpaired) electrons. The van der Waals surface area contributed by atoms with Gasteiger partial charge in [0.1, 0.15) is 6.54 Å². The summed E-state index contributed by atoms with van der Waals surface area (Å²) in [5, 5.41) is 3.58. The first-order chi connectivity index (χ1) is 14.0. The first-order valence-electron chi connectivity index (χ1n) is 11.1. The minimum atomic E-state index is -0.961. The lowest BCUT2D eigenvalue weighted by molar-refractivity contribution is -0.788. The van der Waals surface area contributed by atoms with Crippen LogP contribution < -0.4 is 5.32 Å². The van der Waals surface area contributed by atoms with Crippen LogP contribution in [-0.2, 0) is 21.5 Å². The zero-order valence-electron chi connectivity index (χ0n) is 18.7. The van der Waals surface area contributed by atoms with Crippen molar-refractivity contribution in [3.05, 3.63) is 35.5 Å². The van der Waals surface area contributed by atoms with E-state index in [9.17, 15) is 9.59 Å². The summed E-state index contributed by atoms with van der Waals surface area (Å²) in [4.78, 5) is 34.6. The molecule has 1 aromatic heterocycles. The van der Waals surface area contributed by atoms with E-state index >= 15 is 0 Å². The van der Waals surface area contributed by atoms with Crippen LogP contribution in [0.5, 0.6) is 0 Å². The predicted octanol–water partition coefficient (Wildman–Crippen LogP) is 1.89. The number of nitrogens with zero attached hydrogens (tertiary/aromatic N) is 2. The van der Waals surface area contributed by atoms with Crippen LogP contribution in [0.15, 0.2) is 24.3 Å². The molecule has 2 fully saturated rings. The number of benzene rings is 1. The molecule has 30 heavy (non-hydrogen) atoms. The summed E-state index contributed by atoms with van der Waals surface area (Å²) in [6, 6.07) is 8.28. The highest BCUT2D eigenvalue weighted by atomic mass is 16.2. The SMILES string of the molecule is CC1(C)CC(N2CC(=O)N3CCc4c([nH]c5ccccc45)[C@@]3(C)C2=O)CC(C)(C)[NH2+]1. The fourth-order valence-electron chi connectivity index (χ4n) is 6.61. The fraction of sp³-hybridized carbons (Fsp3) is 0.583. The third-order valence-electron chi connectivity index (χ3n) is 7.46. The topological polar surface area (TPSA) is 73.0 Å². The molecule has 6 nitrogen and oxygen atoms in total. The molecule has 160 valence electrons. The number of hydrogen-bond donors (Lipinski definition) is 2. The van der Waals surface area contributed by atoms with Gasteiger partial charge in [0.2, 0.25) is 5.91 Å². The second-order valence-corrected chi connectivity index (χ2v) is 11.0. The largest absolute Gasteiger partial charge is 0.356 e. The van der Waals surface area contributed by atoms with Crippen molar-refractivity contribution >= 4 is 22.7 Å². The Bertz CT molecular complexity index is 1040. The van der Waals surface area contributed by atoms with Gasteiger partial charge in [-0.05, 0) is 52.7 Å². The van der Waals surface area contributed by atoms with E-state index in [1.165, 1.54) is 10.9 Å². The van der Waals surface area contributed by atoms with Crippen molar-refractivity contribution in [2.24, 2.45) is 0 Å². The van der Waals surface area contributed by atoms with Gasteiger partial charge in [-0.1, -0.05) is 18.2 Å². The predicted molar refractivity (Wildman–Crippen MR) is 116 cm³/mol. The van der Waals surface area contributed by atoms with E-state index in [2.05, 4.69) is 50.1 Å². The van der Waals surface area contributed by atoms with Crippen LogP contribution in [0, 0.1) is 0 Å². The molecule has 6 heteroatoms. The molecule has 5 rings (SSSR count). The van der Waals surface area contributed by atoms with Crippen molar-refractivity contribution in [2.75, 3.05) is 13.1 Å². The van der Waals surface area contributed by atoms with Crippen LogP contribution in [-0.4, -0.2) is 56.8 Å². The highest BCUT2D eigenvalue weighted by Crippen LogP contribution is 2.43. The number of para-hydroxylation sites is 1. The van der Waals surface area contributed by atoms with Gasteiger partial charge < -0.3 is 20.1 Å². The molecule has 2 amide bonds. The number of amides is 2. The second kappa shape index (κ2) is 6.10. The number of quaternary nitrogens is 1. The van der Waals surface area contributed by atoms with E-state index in [0.717, 1.165) is 30.5 Å². The van der Waals surface area contributed by atoms with Gasteiger partial charge in [-0.15, -0.1) is 0 Å². The van der Waals surface area contributed by atoms with Crippen LogP contribution >= 0.6 is 0 Å². The highest BCUT2D eigenvalue weighted by molar-refractivity contribution is 6.00. The van der Waals surface area contributed by atoms with Gasteiger partial charge in [0.05, 0.1) is 16.8 Å². The van der Waals surface area contributed by atoms with Crippen molar-refractivity contribution in [3.63, 3.8) is 0 Å². The van der Waals surface area contributed by atoms with Crippen molar-refractivity contribution < 1.29 is 14.9 Å². The number of carbonyl (C=O) groups is 2. The van der Waals surface area contributed by atoms with Crippen molar-refractivity contribution in [1.29, 1.82) is 0 Å². The molecular formula is C24H33N4O2+. The number of aromatic amines is 1. The Hall–Kier alpha value is -2.34. The molecule has 0 saturated carbocycles. The van der Waals surface area contributed by atoms with Gasteiger partial charge in [0, 0.05) is 36.3 Å². The van der Waals surface area contributed by atoms with Gasteiger partial charge >= 0.3 is 0 Å². The molecule has 1 atom stereocenters. The Morgan fingerprint density at radius 2 is 1.70 bits per heavy atom. The maximum absolute atomic E-state index is 14.1. The molecule has 0 spiro atoms. The number of fused-ring (bicyclic) bond motifs is 5. The summed E-state index contributed by atoms with van der Waals surface area (Å²) in [7, 11) is 0. The highest BCUT2D eigenvalue weighted by Gasteiger charge is 2.57. The number of nitrogens with two attached hydrogens (primary N) is 1. The quantitative estimate of drug-likeness (QED) is 0.755. The Balaban J connectivity index is 1.59. The van der Waals surface area contributed by atoms with Crippen molar-refractivity contribution in [1.82, 2.24) is 14.8 Å². The Kier molecular flexibility index (Phi) is 3.99. The molecule has 3 aliphatic rings. The molecule has 2 aromatic rings. The molecule has 4 heterocycles. The number of H-pyrrole nitrogens is 1. The third-order valence-corrected chi connectivity index (χ3v) is 7.46. The van der Waals surface area contributed by atoms with Crippen LogP contribution in [0.1, 0.15) is 58.7 Å². The van der Waals surface area contributed by atoms with Crippen LogP contribution in [0.2, 0.25) is 0 Å². The van der Waals surface area contributed by atoms with Gasteiger partial charge in [-0.25, -0.2) is 0 Å². The number of rotatable bonds is 1. The summed E-state index contributed by atoms with van der Waals surface area (Å²) in [5.74, 6) is 0.125. The van der Waals surface area contributed by atoms with Crippen molar-refractivity contribution in [3.8, 4) is 0 Å². The average Bonchev–Trinajstić information content (AvgIpc) is 3.02. The normalized spacial score (nSPS) is 28.6. The smallest absolute Gasteiger partial charge is 0.255 e. The van der Waals surface area contributed by atoms with E-state index in [0.29, 0.717) is 6.54 Å². The molecule has 1 aromatic carbocycles. The first kappa shape index (κ1) is 19.6. The molecule has 3 aliphatic heterocycles. The zero-order chi connectivity index (χ0) is 21.5. The molecule has 2 saturated heterocycles. The van der Waals surface area contributed by atoms with E-state index < -0.39 is 5.54 Å². The average molecular weight is 410 g/mol. The van der Waals surface area contributed by atoms with Gasteiger partial charge in [-0.2, -0.15) is 0 Å². The van der Waals surface area contributed by atoms with E-state index in [-0.39, 0.29) is 35.5 Å². The Morgan fingerprint density at radius 1 is 1.03 bits per heavy atom. The lowest BCUT2D eigenvalue weighted by atomic mass is 9.77. The lowest BCUT2D eigenvalue weighted by Crippen LogP contribution is -3.06. The van der Waals surface area contributed by atoms with Crippen LogP contribution in [0.25, 0.3) is 10.9 Å². The molecule has 0 unspecified atom stereocenters. The van der Waals surface area contributed by atoms with E-state index in [4.69, 9.17) is 0 Å². The molecule has 0 bridgehead atoms. The number of carbonyl (C=O) groups excluding carboxylic acids is 2. The fourth-order valence-corrected chi connectivity index (χ4v) is 6.61. The summed E-state index contributed by atoms with van der Waals surface area (Å²) < 4.78 is 0. The Morgan fingerprint density at radius 3 is 2.40 bits per heavy atom. The number of piperazine rings is 1. The van der Waals surface area contributed by atoms with Crippen LogP contribution in [0.3, 0.4) is 0 Å². The minimum Gasteiger partial charge on any atom is -0.356 e. The zero-order valence-corrected chi connectivity index (χ0v) is 18.7. The number of piperidine rings is 1. The summed E-state index contributed by atoms with van der Waals surface area (Å²) >= 11 is 0. The Labute approximate surface area is 178 Å². The lowest BCUT2D eigenvalue weighted by Gasteiger charge is -2.54. The van der Waals surface area contributed by atoms with Gasteiger partial charge in [0.25, 0.3) is 5.91 Å².